The van der Waals surface area contributed by atoms with E-state index in [1.54, 1.807) is 12.8 Å². The van der Waals surface area contributed by atoms with Crippen molar-refractivity contribution in [2.24, 2.45) is 29.6 Å². The molecule has 7 atom stereocenters. The lowest BCUT2D eigenvalue weighted by molar-refractivity contribution is 0.151. The van der Waals surface area contributed by atoms with E-state index in [1.807, 2.05) is 0 Å². The van der Waals surface area contributed by atoms with Crippen LogP contribution in [0.3, 0.4) is 0 Å². The average molecular weight is 238 g/mol. The van der Waals surface area contributed by atoms with Crippen molar-refractivity contribution in [1.29, 1.82) is 0 Å². The molecule has 0 aromatic heterocycles. The number of thioether (sulfide) groups is 1. The summed E-state index contributed by atoms with van der Waals surface area (Å²) in [6.45, 7) is 7.46. The molecule has 2 aliphatic carbocycles. The molecule has 0 amide bonds. The molecule has 0 spiro atoms. The zero-order chi connectivity index (χ0) is 11.3. The van der Waals surface area contributed by atoms with Crippen molar-refractivity contribution in [3.63, 3.8) is 0 Å². The van der Waals surface area contributed by atoms with E-state index in [2.05, 4.69) is 32.5 Å². The van der Waals surface area contributed by atoms with E-state index in [1.165, 1.54) is 19.3 Å². The molecule has 1 heterocycles. The zero-order valence-electron chi connectivity index (χ0n) is 11.0. The number of hydrogen-bond acceptors (Lipinski definition) is 1. The molecule has 7 unspecified atom stereocenters. The normalized spacial score (nSPS) is 56.8. The van der Waals surface area contributed by atoms with Gasteiger partial charge in [0.15, 0.2) is 0 Å². The van der Waals surface area contributed by atoms with E-state index >= 15 is 0 Å². The maximum Gasteiger partial charge on any atom is 0.0109 e. The summed E-state index contributed by atoms with van der Waals surface area (Å²) in [6, 6.07) is 0. The highest BCUT2D eigenvalue weighted by Gasteiger charge is 2.49. The third kappa shape index (κ3) is 1.74. The van der Waals surface area contributed by atoms with E-state index in [4.69, 9.17) is 0 Å². The fourth-order valence-electron chi connectivity index (χ4n) is 4.48. The predicted molar refractivity (Wildman–Crippen MR) is 72.7 cm³/mol. The molecule has 0 N–H and O–H groups in total. The van der Waals surface area contributed by atoms with Crippen LogP contribution in [-0.2, 0) is 0 Å². The van der Waals surface area contributed by atoms with Crippen molar-refractivity contribution in [3.05, 3.63) is 0 Å². The largest absolute Gasteiger partial charge is 0.154 e. The van der Waals surface area contributed by atoms with Crippen molar-refractivity contribution in [2.45, 2.75) is 63.4 Å². The van der Waals surface area contributed by atoms with Gasteiger partial charge in [-0.2, -0.15) is 11.8 Å². The Hall–Kier alpha value is 0.350. The molecule has 0 aromatic rings. The molecule has 1 heteroatoms. The molecule has 0 bridgehead atoms. The van der Waals surface area contributed by atoms with E-state index in [0.717, 1.165) is 40.1 Å². The molecule has 1 aliphatic heterocycles. The third-order valence-electron chi connectivity index (χ3n) is 5.78. The van der Waals surface area contributed by atoms with Crippen LogP contribution in [0.15, 0.2) is 0 Å². The summed E-state index contributed by atoms with van der Waals surface area (Å²) in [6.07, 6.45) is 7.61. The van der Waals surface area contributed by atoms with Crippen molar-refractivity contribution < 1.29 is 0 Å². The molecule has 0 radical (unpaired) electrons. The Labute approximate surface area is 105 Å². The van der Waals surface area contributed by atoms with Crippen LogP contribution in [0, 0.1) is 29.6 Å². The Kier molecular flexibility index (Phi) is 3.02. The minimum Gasteiger partial charge on any atom is -0.154 e. The SMILES string of the molecule is CC1CCC2C(C1)SC1C(C)C(C)CCC21. The van der Waals surface area contributed by atoms with Gasteiger partial charge in [0.25, 0.3) is 0 Å². The minimum atomic E-state index is 0.977. The van der Waals surface area contributed by atoms with Crippen molar-refractivity contribution in [2.75, 3.05) is 0 Å². The van der Waals surface area contributed by atoms with Gasteiger partial charge in [-0.05, 0) is 48.9 Å². The van der Waals surface area contributed by atoms with E-state index in [-0.39, 0.29) is 0 Å². The van der Waals surface area contributed by atoms with Gasteiger partial charge in [0.1, 0.15) is 0 Å². The lowest BCUT2D eigenvalue weighted by Gasteiger charge is -2.38. The maximum atomic E-state index is 2.52. The molecule has 0 aromatic carbocycles. The molecular weight excluding hydrogens is 212 g/mol. The molecule has 3 aliphatic rings. The highest BCUT2D eigenvalue weighted by molar-refractivity contribution is 8.00. The Balaban J connectivity index is 1.77. The Bertz CT molecular complexity index is 262. The third-order valence-corrected chi connectivity index (χ3v) is 7.76. The summed E-state index contributed by atoms with van der Waals surface area (Å²) >= 11 is 2.39. The van der Waals surface area contributed by atoms with Gasteiger partial charge in [-0.1, -0.05) is 33.6 Å². The smallest absolute Gasteiger partial charge is 0.0109 e. The van der Waals surface area contributed by atoms with Gasteiger partial charge in [-0.15, -0.1) is 0 Å². The first-order valence-electron chi connectivity index (χ1n) is 7.32. The van der Waals surface area contributed by atoms with E-state index < -0.39 is 0 Å². The summed E-state index contributed by atoms with van der Waals surface area (Å²) in [5.41, 5.74) is 0. The van der Waals surface area contributed by atoms with Crippen molar-refractivity contribution >= 4 is 11.8 Å². The lowest BCUT2D eigenvalue weighted by Crippen LogP contribution is -2.35. The summed E-state index contributed by atoms with van der Waals surface area (Å²) in [4.78, 5) is 0. The quantitative estimate of drug-likeness (QED) is 0.595. The zero-order valence-corrected chi connectivity index (χ0v) is 11.8. The summed E-state index contributed by atoms with van der Waals surface area (Å²) in [5, 5.41) is 2.05. The summed E-state index contributed by atoms with van der Waals surface area (Å²) in [5.74, 6) is 5.15. The van der Waals surface area contributed by atoms with Crippen LogP contribution in [0.25, 0.3) is 0 Å². The van der Waals surface area contributed by atoms with E-state index in [0.29, 0.717) is 0 Å². The number of rotatable bonds is 0. The van der Waals surface area contributed by atoms with Crippen molar-refractivity contribution in [3.8, 4) is 0 Å². The van der Waals surface area contributed by atoms with Gasteiger partial charge in [-0.3, -0.25) is 0 Å². The van der Waals surface area contributed by atoms with Crippen LogP contribution < -0.4 is 0 Å². The van der Waals surface area contributed by atoms with Crippen LogP contribution in [0.5, 0.6) is 0 Å². The molecule has 92 valence electrons. The van der Waals surface area contributed by atoms with Crippen LogP contribution in [0.2, 0.25) is 0 Å². The summed E-state index contributed by atoms with van der Waals surface area (Å²) < 4.78 is 0. The van der Waals surface area contributed by atoms with Crippen LogP contribution in [0.1, 0.15) is 52.9 Å². The molecule has 2 saturated carbocycles. The minimum absolute atomic E-state index is 0.977. The van der Waals surface area contributed by atoms with Gasteiger partial charge in [0.2, 0.25) is 0 Å². The van der Waals surface area contributed by atoms with Crippen LogP contribution >= 0.6 is 11.8 Å². The lowest BCUT2D eigenvalue weighted by atomic mass is 9.67. The topological polar surface area (TPSA) is 0 Å². The number of hydrogen-bond donors (Lipinski definition) is 0. The standard InChI is InChI=1S/C15H26S/c1-9-4-6-12-13-7-5-10(2)11(3)15(13)16-14(12)8-9/h9-15H,4-8H2,1-3H3. The van der Waals surface area contributed by atoms with Crippen molar-refractivity contribution in [1.82, 2.24) is 0 Å². The first kappa shape index (κ1) is 11.4. The molecular formula is C15H26S. The Morgan fingerprint density at radius 1 is 0.875 bits per heavy atom. The first-order valence-corrected chi connectivity index (χ1v) is 8.26. The molecule has 16 heavy (non-hydrogen) atoms. The fraction of sp³-hybridized carbons (Fsp3) is 1.00. The summed E-state index contributed by atoms with van der Waals surface area (Å²) in [7, 11) is 0. The van der Waals surface area contributed by atoms with E-state index in [9.17, 15) is 0 Å². The van der Waals surface area contributed by atoms with Gasteiger partial charge >= 0.3 is 0 Å². The number of fused-ring (bicyclic) bond motifs is 3. The highest BCUT2D eigenvalue weighted by Crippen LogP contribution is 2.57. The van der Waals surface area contributed by atoms with Gasteiger partial charge in [0.05, 0.1) is 0 Å². The second-order valence-corrected chi connectivity index (χ2v) is 8.22. The van der Waals surface area contributed by atoms with Crippen LogP contribution in [0.4, 0.5) is 0 Å². The Morgan fingerprint density at radius 3 is 2.44 bits per heavy atom. The molecule has 3 fully saturated rings. The highest BCUT2D eigenvalue weighted by atomic mass is 32.2. The van der Waals surface area contributed by atoms with Gasteiger partial charge in [-0.25, -0.2) is 0 Å². The average Bonchev–Trinajstić information content (AvgIpc) is 2.62. The molecule has 1 saturated heterocycles. The second kappa shape index (κ2) is 4.23. The monoisotopic (exact) mass is 238 g/mol. The predicted octanol–water partition coefficient (Wildman–Crippen LogP) is 4.59. The molecule has 3 rings (SSSR count). The van der Waals surface area contributed by atoms with Gasteiger partial charge < -0.3 is 0 Å². The van der Waals surface area contributed by atoms with Crippen LogP contribution in [-0.4, -0.2) is 10.5 Å². The van der Waals surface area contributed by atoms with Gasteiger partial charge in [0, 0.05) is 10.5 Å². The fourth-order valence-corrected chi connectivity index (χ4v) is 6.92. The first-order chi connectivity index (χ1) is 7.66. The second-order valence-electron chi connectivity index (χ2n) is 6.80. The Morgan fingerprint density at radius 2 is 1.62 bits per heavy atom. The maximum absolute atomic E-state index is 2.52. The molecule has 0 nitrogen and oxygen atoms in total.